The molecule has 0 radical (unpaired) electrons. The Balaban J connectivity index is 1.70. The molecule has 0 saturated carbocycles. The summed E-state index contributed by atoms with van der Waals surface area (Å²) in [6, 6.07) is 6.68. The Kier molecular flexibility index (Phi) is 5.08. The molecule has 1 aliphatic heterocycles. The molecule has 2 aromatic rings. The van der Waals surface area contributed by atoms with E-state index in [1.807, 2.05) is 6.07 Å². The smallest absolute Gasteiger partial charge is 0.251 e. The number of primary amides is 1. The van der Waals surface area contributed by atoms with Crippen LogP contribution in [0.1, 0.15) is 23.2 Å². The summed E-state index contributed by atoms with van der Waals surface area (Å²) in [5.74, 6) is -0.585. The first-order chi connectivity index (χ1) is 12.3. The van der Waals surface area contributed by atoms with Crippen LogP contribution in [-0.4, -0.2) is 47.6 Å². The maximum Gasteiger partial charge on any atom is 0.251 e. The Morgan fingerprint density at radius 3 is 2.81 bits per heavy atom. The average Bonchev–Trinajstić information content (AvgIpc) is 3.19. The molecule has 1 aliphatic rings. The van der Waals surface area contributed by atoms with Crippen LogP contribution in [0.25, 0.3) is 11.1 Å². The molecule has 1 atom stereocenters. The second kappa shape index (κ2) is 7.28. The van der Waals surface area contributed by atoms with Crippen molar-refractivity contribution >= 4 is 21.7 Å². The molecule has 8 nitrogen and oxygen atoms in total. The number of aromatic nitrogens is 2. The van der Waals surface area contributed by atoms with Gasteiger partial charge in [0.15, 0.2) is 9.84 Å². The van der Waals surface area contributed by atoms with Crippen LogP contribution in [0, 0.1) is 0 Å². The molecule has 0 aliphatic carbocycles. The Labute approximate surface area is 151 Å². The van der Waals surface area contributed by atoms with Crippen LogP contribution >= 0.6 is 0 Å². The van der Waals surface area contributed by atoms with Gasteiger partial charge >= 0.3 is 0 Å². The SMILES string of the molecule is NC(=O)CCn1cc(-c2cccc(C(=O)N[C@H]3CCS(=O)(=O)C3)c2)cn1. The van der Waals surface area contributed by atoms with Crippen LogP contribution in [0.5, 0.6) is 0 Å². The van der Waals surface area contributed by atoms with Gasteiger partial charge in [-0.1, -0.05) is 12.1 Å². The fourth-order valence-corrected chi connectivity index (χ4v) is 4.55. The number of nitrogens with zero attached hydrogens (tertiary/aromatic N) is 2. The molecule has 2 heterocycles. The molecule has 26 heavy (non-hydrogen) atoms. The number of nitrogens with two attached hydrogens (primary N) is 1. The second-order valence-corrected chi connectivity index (χ2v) is 8.59. The summed E-state index contributed by atoms with van der Waals surface area (Å²) in [6.45, 7) is 0.395. The Bertz CT molecular complexity index is 936. The highest BCUT2D eigenvalue weighted by atomic mass is 32.2. The molecule has 0 bridgehead atoms. The van der Waals surface area contributed by atoms with Crippen molar-refractivity contribution in [3.63, 3.8) is 0 Å². The predicted molar refractivity (Wildman–Crippen MR) is 96.0 cm³/mol. The number of rotatable bonds is 6. The molecule has 2 amide bonds. The molecule has 3 rings (SSSR count). The Morgan fingerprint density at radius 2 is 2.12 bits per heavy atom. The highest BCUT2D eigenvalue weighted by molar-refractivity contribution is 7.91. The number of amides is 2. The standard InChI is InChI=1S/C17H20N4O4S/c18-16(22)4-6-21-10-14(9-19-21)12-2-1-3-13(8-12)17(23)20-15-5-7-26(24,25)11-15/h1-3,8-10,15H,4-7,11H2,(H2,18,22)(H,20,23)/t15-/m0/s1. The monoisotopic (exact) mass is 376 g/mol. The van der Waals surface area contributed by atoms with Crippen molar-refractivity contribution < 1.29 is 18.0 Å². The van der Waals surface area contributed by atoms with E-state index in [0.717, 1.165) is 11.1 Å². The molecule has 1 saturated heterocycles. The summed E-state index contributed by atoms with van der Waals surface area (Å²) < 4.78 is 24.6. The van der Waals surface area contributed by atoms with Gasteiger partial charge < -0.3 is 11.1 Å². The van der Waals surface area contributed by atoms with Gasteiger partial charge in [-0.3, -0.25) is 14.3 Å². The van der Waals surface area contributed by atoms with E-state index >= 15 is 0 Å². The lowest BCUT2D eigenvalue weighted by Gasteiger charge is -2.11. The second-order valence-electron chi connectivity index (χ2n) is 6.36. The minimum absolute atomic E-state index is 0.00886. The van der Waals surface area contributed by atoms with Crippen molar-refractivity contribution in [1.29, 1.82) is 0 Å². The number of carbonyl (C=O) groups is 2. The number of carbonyl (C=O) groups excluding carboxylic acids is 2. The van der Waals surface area contributed by atoms with Crippen molar-refractivity contribution in [2.24, 2.45) is 5.73 Å². The quantitative estimate of drug-likeness (QED) is 0.752. The van der Waals surface area contributed by atoms with Crippen LogP contribution in [0.3, 0.4) is 0 Å². The molecule has 1 fully saturated rings. The molecular weight excluding hydrogens is 356 g/mol. The number of sulfone groups is 1. The molecule has 3 N–H and O–H groups in total. The molecule has 0 unspecified atom stereocenters. The summed E-state index contributed by atoms with van der Waals surface area (Å²) in [6.07, 6.45) is 4.08. The largest absolute Gasteiger partial charge is 0.370 e. The lowest BCUT2D eigenvalue weighted by molar-refractivity contribution is -0.118. The highest BCUT2D eigenvalue weighted by Crippen LogP contribution is 2.20. The van der Waals surface area contributed by atoms with Gasteiger partial charge in [-0.2, -0.15) is 5.10 Å². The first-order valence-corrected chi connectivity index (χ1v) is 10.1. The third-order valence-electron chi connectivity index (χ3n) is 4.25. The molecule has 0 spiro atoms. The molecule has 1 aromatic heterocycles. The fourth-order valence-electron chi connectivity index (χ4n) is 2.88. The van der Waals surface area contributed by atoms with Crippen molar-refractivity contribution in [2.75, 3.05) is 11.5 Å². The first-order valence-electron chi connectivity index (χ1n) is 8.25. The van der Waals surface area contributed by atoms with E-state index in [0.29, 0.717) is 18.5 Å². The van der Waals surface area contributed by atoms with Gasteiger partial charge in [0.25, 0.3) is 5.91 Å². The summed E-state index contributed by atoms with van der Waals surface area (Å²) in [7, 11) is -3.04. The first kappa shape index (κ1) is 18.1. The zero-order chi connectivity index (χ0) is 18.7. The third kappa shape index (κ3) is 4.48. The van der Waals surface area contributed by atoms with Crippen molar-refractivity contribution in [2.45, 2.75) is 25.4 Å². The van der Waals surface area contributed by atoms with Gasteiger partial charge in [0, 0.05) is 36.3 Å². The van der Waals surface area contributed by atoms with E-state index in [1.165, 1.54) is 0 Å². The lowest BCUT2D eigenvalue weighted by Crippen LogP contribution is -2.35. The van der Waals surface area contributed by atoms with Gasteiger partial charge in [0.05, 0.1) is 17.7 Å². The number of hydrogen-bond acceptors (Lipinski definition) is 5. The maximum atomic E-state index is 12.4. The topological polar surface area (TPSA) is 124 Å². The van der Waals surface area contributed by atoms with E-state index in [9.17, 15) is 18.0 Å². The van der Waals surface area contributed by atoms with E-state index in [-0.39, 0.29) is 29.9 Å². The zero-order valence-corrected chi connectivity index (χ0v) is 14.9. The number of hydrogen-bond donors (Lipinski definition) is 2. The van der Waals surface area contributed by atoms with E-state index in [4.69, 9.17) is 5.73 Å². The van der Waals surface area contributed by atoms with Gasteiger partial charge in [-0.15, -0.1) is 0 Å². The van der Waals surface area contributed by atoms with Crippen molar-refractivity contribution in [1.82, 2.24) is 15.1 Å². The van der Waals surface area contributed by atoms with E-state index < -0.39 is 15.7 Å². The molecule has 1 aromatic carbocycles. The van der Waals surface area contributed by atoms with Gasteiger partial charge in [-0.25, -0.2) is 8.42 Å². The van der Waals surface area contributed by atoms with Crippen LogP contribution in [-0.2, 0) is 21.2 Å². The predicted octanol–water partition coefficient (Wildman–Crippen LogP) is 0.342. The Morgan fingerprint density at radius 1 is 1.31 bits per heavy atom. The zero-order valence-electron chi connectivity index (χ0n) is 14.1. The number of nitrogens with one attached hydrogen (secondary N) is 1. The van der Waals surface area contributed by atoms with Crippen LogP contribution in [0.15, 0.2) is 36.7 Å². The third-order valence-corrected chi connectivity index (χ3v) is 6.01. The molecule has 9 heteroatoms. The van der Waals surface area contributed by atoms with Crippen LogP contribution in [0.2, 0.25) is 0 Å². The number of benzene rings is 1. The Hall–Kier alpha value is -2.68. The summed E-state index contributed by atoms with van der Waals surface area (Å²) >= 11 is 0. The highest BCUT2D eigenvalue weighted by Gasteiger charge is 2.29. The summed E-state index contributed by atoms with van der Waals surface area (Å²) in [5.41, 5.74) is 7.21. The van der Waals surface area contributed by atoms with Crippen molar-refractivity contribution in [3.05, 3.63) is 42.2 Å². The summed E-state index contributed by atoms with van der Waals surface area (Å²) in [4.78, 5) is 23.3. The van der Waals surface area contributed by atoms with Crippen LogP contribution in [0.4, 0.5) is 0 Å². The molecular formula is C17H20N4O4S. The minimum Gasteiger partial charge on any atom is -0.370 e. The average molecular weight is 376 g/mol. The minimum atomic E-state index is -3.04. The van der Waals surface area contributed by atoms with E-state index in [1.54, 1.807) is 35.3 Å². The van der Waals surface area contributed by atoms with Gasteiger partial charge in [-0.05, 0) is 24.1 Å². The lowest BCUT2D eigenvalue weighted by atomic mass is 10.1. The van der Waals surface area contributed by atoms with Crippen molar-refractivity contribution in [3.8, 4) is 11.1 Å². The summed E-state index contributed by atoms with van der Waals surface area (Å²) in [5, 5.41) is 6.96. The normalized spacial score (nSPS) is 18.5. The number of aryl methyl sites for hydroxylation is 1. The maximum absolute atomic E-state index is 12.4. The van der Waals surface area contributed by atoms with Crippen LogP contribution < -0.4 is 11.1 Å². The fraction of sp³-hybridized carbons (Fsp3) is 0.353. The van der Waals surface area contributed by atoms with Gasteiger partial charge in [0.1, 0.15) is 0 Å². The van der Waals surface area contributed by atoms with E-state index in [2.05, 4.69) is 10.4 Å². The molecule has 138 valence electrons. The van der Waals surface area contributed by atoms with Gasteiger partial charge in [0.2, 0.25) is 5.91 Å².